The fraction of sp³-hybridized carbons (Fsp3) is 0.727. The van der Waals surface area contributed by atoms with Gasteiger partial charge >= 0.3 is 0 Å². The van der Waals surface area contributed by atoms with E-state index in [1.54, 1.807) is 0 Å². The Morgan fingerprint density at radius 2 is 2.00 bits per heavy atom. The van der Waals surface area contributed by atoms with Crippen molar-refractivity contribution in [1.29, 1.82) is 0 Å². The smallest absolute Gasteiger partial charge is 0.109 e. The molecule has 2 heteroatoms. The Bertz CT molecular complexity index is 329. The summed E-state index contributed by atoms with van der Waals surface area (Å²) in [7, 11) is 0. The Kier molecular flexibility index (Phi) is 1.76. The molecule has 2 rings (SSSR count). The molecule has 2 nitrogen and oxygen atoms in total. The first-order chi connectivity index (χ1) is 6.00. The molecule has 0 amide bonds. The molecule has 0 spiro atoms. The lowest BCUT2D eigenvalue weighted by atomic mass is 9.90. The number of aromatic nitrogens is 2. The van der Waals surface area contributed by atoms with Gasteiger partial charge in [0.15, 0.2) is 0 Å². The standard InChI is InChI=1S/C11H18N2/c1-8-10(11(2,3)4)13-7-5-6-9(13)12-8/h5-7H2,1-4H3. The van der Waals surface area contributed by atoms with Crippen LogP contribution in [0.25, 0.3) is 0 Å². The minimum absolute atomic E-state index is 0.236. The van der Waals surface area contributed by atoms with E-state index >= 15 is 0 Å². The number of imidazole rings is 1. The van der Waals surface area contributed by atoms with Crippen LogP contribution in [0, 0.1) is 6.92 Å². The second-order valence-electron chi connectivity index (χ2n) is 4.97. The van der Waals surface area contributed by atoms with Crippen LogP contribution in [-0.2, 0) is 18.4 Å². The van der Waals surface area contributed by atoms with Gasteiger partial charge in [-0.2, -0.15) is 0 Å². The molecule has 1 aliphatic rings. The lowest BCUT2D eigenvalue weighted by Gasteiger charge is -2.21. The monoisotopic (exact) mass is 178 g/mol. The highest BCUT2D eigenvalue weighted by Gasteiger charge is 2.26. The predicted octanol–water partition coefficient (Wildman–Crippen LogP) is 2.44. The Balaban J connectivity index is 2.56. The molecule has 2 heterocycles. The van der Waals surface area contributed by atoms with Crippen LogP contribution < -0.4 is 0 Å². The Morgan fingerprint density at radius 3 is 2.62 bits per heavy atom. The van der Waals surface area contributed by atoms with Gasteiger partial charge in [-0.3, -0.25) is 0 Å². The normalized spacial score (nSPS) is 16.3. The maximum Gasteiger partial charge on any atom is 0.109 e. The number of rotatable bonds is 0. The lowest BCUT2D eigenvalue weighted by molar-refractivity contribution is 0.523. The number of aryl methyl sites for hydroxylation is 2. The maximum atomic E-state index is 4.62. The van der Waals surface area contributed by atoms with E-state index in [1.807, 2.05) is 0 Å². The fourth-order valence-electron chi connectivity index (χ4n) is 2.41. The van der Waals surface area contributed by atoms with Crippen molar-refractivity contribution in [2.75, 3.05) is 0 Å². The summed E-state index contributed by atoms with van der Waals surface area (Å²) in [5.41, 5.74) is 2.89. The van der Waals surface area contributed by atoms with Crippen molar-refractivity contribution in [3.63, 3.8) is 0 Å². The van der Waals surface area contributed by atoms with Gasteiger partial charge in [0.1, 0.15) is 5.82 Å². The minimum Gasteiger partial charge on any atom is -0.331 e. The first-order valence-corrected chi connectivity index (χ1v) is 5.06. The summed E-state index contributed by atoms with van der Waals surface area (Å²) in [5.74, 6) is 1.29. The largest absolute Gasteiger partial charge is 0.331 e. The molecule has 0 aromatic carbocycles. The average molecular weight is 178 g/mol. The van der Waals surface area contributed by atoms with E-state index in [9.17, 15) is 0 Å². The molecule has 0 saturated heterocycles. The highest BCUT2D eigenvalue weighted by atomic mass is 15.1. The third-order valence-electron chi connectivity index (χ3n) is 2.71. The average Bonchev–Trinajstić information content (AvgIpc) is 2.41. The fourth-order valence-corrected chi connectivity index (χ4v) is 2.41. The molecule has 0 bridgehead atoms. The van der Waals surface area contributed by atoms with Crippen LogP contribution in [0.4, 0.5) is 0 Å². The van der Waals surface area contributed by atoms with Gasteiger partial charge in [0.25, 0.3) is 0 Å². The summed E-state index contributed by atoms with van der Waals surface area (Å²) in [4.78, 5) is 4.62. The van der Waals surface area contributed by atoms with Crippen LogP contribution >= 0.6 is 0 Å². The molecule has 0 saturated carbocycles. The van der Waals surface area contributed by atoms with Gasteiger partial charge in [0, 0.05) is 24.1 Å². The van der Waals surface area contributed by atoms with Crippen LogP contribution in [0.5, 0.6) is 0 Å². The summed E-state index contributed by atoms with van der Waals surface area (Å²) in [6, 6.07) is 0. The molecule has 0 aliphatic carbocycles. The molecule has 13 heavy (non-hydrogen) atoms. The van der Waals surface area contributed by atoms with Crippen molar-refractivity contribution in [1.82, 2.24) is 9.55 Å². The molecule has 0 fully saturated rings. The molecule has 0 N–H and O–H groups in total. The van der Waals surface area contributed by atoms with Crippen molar-refractivity contribution in [3.8, 4) is 0 Å². The van der Waals surface area contributed by atoms with Gasteiger partial charge in [-0.1, -0.05) is 20.8 Å². The zero-order chi connectivity index (χ0) is 9.64. The summed E-state index contributed by atoms with van der Waals surface area (Å²) in [5, 5.41) is 0. The van der Waals surface area contributed by atoms with E-state index < -0.39 is 0 Å². The molecular formula is C11H18N2. The third kappa shape index (κ3) is 1.28. The number of nitrogens with zero attached hydrogens (tertiary/aromatic N) is 2. The molecular weight excluding hydrogens is 160 g/mol. The van der Waals surface area contributed by atoms with Crippen molar-refractivity contribution in [2.24, 2.45) is 0 Å². The van der Waals surface area contributed by atoms with Crippen molar-refractivity contribution >= 4 is 0 Å². The number of fused-ring (bicyclic) bond motifs is 1. The van der Waals surface area contributed by atoms with Crippen LogP contribution in [-0.4, -0.2) is 9.55 Å². The van der Waals surface area contributed by atoms with Crippen LogP contribution in [0.1, 0.15) is 44.4 Å². The Labute approximate surface area is 80.0 Å². The summed E-state index contributed by atoms with van der Waals surface area (Å²) < 4.78 is 2.41. The molecule has 1 aromatic heterocycles. The molecule has 1 aliphatic heterocycles. The number of hydrogen-bond acceptors (Lipinski definition) is 1. The van der Waals surface area contributed by atoms with Gasteiger partial charge in [-0.05, 0) is 13.3 Å². The second kappa shape index (κ2) is 2.60. The van der Waals surface area contributed by atoms with Gasteiger partial charge in [0.2, 0.25) is 0 Å². The first-order valence-electron chi connectivity index (χ1n) is 5.06. The topological polar surface area (TPSA) is 17.8 Å². The van der Waals surface area contributed by atoms with E-state index in [0.717, 1.165) is 6.42 Å². The highest BCUT2D eigenvalue weighted by molar-refractivity contribution is 5.24. The molecule has 0 radical (unpaired) electrons. The van der Waals surface area contributed by atoms with Gasteiger partial charge in [0.05, 0.1) is 5.69 Å². The van der Waals surface area contributed by atoms with E-state index in [4.69, 9.17) is 0 Å². The number of hydrogen-bond donors (Lipinski definition) is 0. The summed E-state index contributed by atoms with van der Waals surface area (Å²) in [6.45, 7) is 10.1. The van der Waals surface area contributed by atoms with E-state index in [0.29, 0.717) is 0 Å². The second-order valence-corrected chi connectivity index (χ2v) is 4.97. The van der Waals surface area contributed by atoms with Crippen LogP contribution in [0.2, 0.25) is 0 Å². The van der Waals surface area contributed by atoms with Gasteiger partial charge < -0.3 is 4.57 Å². The highest BCUT2D eigenvalue weighted by Crippen LogP contribution is 2.29. The van der Waals surface area contributed by atoms with Crippen LogP contribution in [0.3, 0.4) is 0 Å². The van der Waals surface area contributed by atoms with Crippen LogP contribution in [0.15, 0.2) is 0 Å². The Morgan fingerprint density at radius 1 is 1.31 bits per heavy atom. The van der Waals surface area contributed by atoms with Gasteiger partial charge in [-0.15, -0.1) is 0 Å². The molecule has 0 atom stereocenters. The van der Waals surface area contributed by atoms with Crippen molar-refractivity contribution in [3.05, 3.63) is 17.2 Å². The molecule has 1 aromatic rings. The van der Waals surface area contributed by atoms with E-state index in [2.05, 4.69) is 37.2 Å². The van der Waals surface area contributed by atoms with E-state index in [1.165, 1.54) is 30.2 Å². The lowest BCUT2D eigenvalue weighted by Crippen LogP contribution is -2.18. The summed E-state index contributed by atoms with van der Waals surface area (Å²) in [6.07, 6.45) is 2.43. The van der Waals surface area contributed by atoms with Gasteiger partial charge in [-0.25, -0.2) is 4.98 Å². The quantitative estimate of drug-likeness (QED) is 0.596. The maximum absolute atomic E-state index is 4.62. The Hall–Kier alpha value is -0.790. The SMILES string of the molecule is Cc1nc2n(c1C(C)(C)C)CCC2. The third-order valence-corrected chi connectivity index (χ3v) is 2.71. The van der Waals surface area contributed by atoms with Crippen molar-refractivity contribution < 1.29 is 0 Å². The molecule has 72 valence electrons. The van der Waals surface area contributed by atoms with E-state index in [-0.39, 0.29) is 5.41 Å². The zero-order valence-electron chi connectivity index (χ0n) is 9.02. The predicted molar refractivity (Wildman–Crippen MR) is 54.0 cm³/mol. The minimum atomic E-state index is 0.236. The van der Waals surface area contributed by atoms with Crippen molar-refractivity contribution in [2.45, 2.75) is 52.5 Å². The summed E-state index contributed by atoms with van der Waals surface area (Å²) >= 11 is 0. The molecule has 0 unspecified atom stereocenters. The first kappa shape index (κ1) is 8.79. The zero-order valence-corrected chi connectivity index (χ0v) is 9.02.